The number of anilines is 1. The lowest BCUT2D eigenvalue weighted by atomic mass is 10.2. The molecule has 5 nitrogen and oxygen atoms in total. The van der Waals surface area contributed by atoms with Crippen LogP contribution in [0, 0.1) is 11.3 Å². The summed E-state index contributed by atoms with van der Waals surface area (Å²) in [6.45, 7) is 2.30. The van der Waals surface area contributed by atoms with E-state index in [-0.39, 0.29) is 10.5 Å². The zero-order valence-electron chi connectivity index (χ0n) is 9.84. The number of nitrogen functional groups attached to an aromatic ring is 1. The first-order valence-corrected chi connectivity index (χ1v) is 6.63. The molecular formula is C11H15N3O2S. The highest BCUT2D eigenvalue weighted by molar-refractivity contribution is 7.89. The van der Waals surface area contributed by atoms with Crippen LogP contribution in [0.25, 0.3) is 0 Å². The van der Waals surface area contributed by atoms with E-state index in [2.05, 4.69) is 0 Å². The molecule has 0 saturated carbocycles. The van der Waals surface area contributed by atoms with E-state index in [4.69, 9.17) is 11.0 Å². The van der Waals surface area contributed by atoms with Gasteiger partial charge in [0.1, 0.15) is 11.0 Å². The number of hydrogen-bond donors (Lipinski definition) is 1. The predicted octanol–water partition coefficient (Wildman–Crippen LogP) is 1.17. The van der Waals surface area contributed by atoms with Gasteiger partial charge in [-0.15, -0.1) is 0 Å². The third-order valence-corrected chi connectivity index (χ3v) is 4.27. The van der Waals surface area contributed by atoms with E-state index in [9.17, 15) is 8.42 Å². The first kappa shape index (κ1) is 13.5. The van der Waals surface area contributed by atoms with Crippen LogP contribution in [0.5, 0.6) is 0 Å². The van der Waals surface area contributed by atoms with Crippen LogP contribution in [0.15, 0.2) is 23.1 Å². The molecule has 0 amide bonds. The molecule has 0 radical (unpaired) electrons. The Balaban J connectivity index is 3.30. The maximum absolute atomic E-state index is 12.1. The normalized spacial score (nSPS) is 11.4. The third-order valence-electron chi connectivity index (χ3n) is 2.35. The molecule has 0 unspecified atom stereocenters. The van der Waals surface area contributed by atoms with Crippen LogP contribution >= 0.6 is 0 Å². The first-order chi connectivity index (χ1) is 7.93. The van der Waals surface area contributed by atoms with Crippen LogP contribution < -0.4 is 5.73 Å². The Morgan fingerprint density at radius 3 is 2.65 bits per heavy atom. The maximum atomic E-state index is 12.1. The number of sulfonamides is 1. The van der Waals surface area contributed by atoms with Gasteiger partial charge in [0.15, 0.2) is 0 Å². The van der Waals surface area contributed by atoms with Crippen molar-refractivity contribution in [2.75, 3.05) is 19.3 Å². The molecule has 0 aliphatic carbocycles. The van der Waals surface area contributed by atoms with Crippen LogP contribution in [-0.4, -0.2) is 26.3 Å². The minimum atomic E-state index is -3.61. The van der Waals surface area contributed by atoms with Crippen LogP contribution in [0.4, 0.5) is 5.69 Å². The lowest BCUT2D eigenvalue weighted by molar-refractivity contribution is 0.468. The van der Waals surface area contributed by atoms with Gasteiger partial charge in [0.05, 0.1) is 5.56 Å². The number of nitrogens with zero attached hydrogens (tertiary/aromatic N) is 2. The molecule has 2 N–H and O–H groups in total. The highest BCUT2D eigenvalue weighted by Gasteiger charge is 2.23. The Morgan fingerprint density at radius 2 is 2.12 bits per heavy atom. The summed E-state index contributed by atoms with van der Waals surface area (Å²) in [6.07, 6.45) is 0.715. The van der Waals surface area contributed by atoms with Crippen LogP contribution in [-0.2, 0) is 10.0 Å². The van der Waals surface area contributed by atoms with E-state index in [1.165, 1.54) is 29.6 Å². The molecule has 0 aliphatic rings. The van der Waals surface area contributed by atoms with E-state index >= 15 is 0 Å². The Morgan fingerprint density at radius 1 is 1.47 bits per heavy atom. The molecule has 0 aromatic heterocycles. The minimum Gasteiger partial charge on any atom is -0.399 e. The van der Waals surface area contributed by atoms with Gasteiger partial charge >= 0.3 is 0 Å². The molecule has 0 saturated heterocycles. The van der Waals surface area contributed by atoms with Crippen molar-refractivity contribution >= 4 is 15.7 Å². The van der Waals surface area contributed by atoms with Crippen molar-refractivity contribution in [3.8, 4) is 6.07 Å². The summed E-state index contributed by atoms with van der Waals surface area (Å²) in [7, 11) is -2.11. The second-order valence-corrected chi connectivity index (χ2v) is 5.71. The molecule has 6 heteroatoms. The fraction of sp³-hybridized carbons (Fsp3) is 0.364. The Labute approximate surface area is 102 Å². The number of nitrogens with two attached hydrogens (primary N) is 1. The molecule has 17 heavy (non-hydrogen) atoms. The van der Waals surface area contributed by atoms with Gasteiger partial charge in [-0.3, -0.25) is 0 Å². The van der Waals surface area contributed by atoms with E-state index in [0.717, 1.165) is 0 Å². The number of hydrogen-bond acceptors (Lipinski definition) is 4. The van der Waals surface area contributed by atoms with Crippen LogP contribution in [0.2, 0.25) is 0 Å². The fourth-order valence-corrected chi connectivity index (χ4v) is 2.84. The fourth-order valence-electron chi connectivity index (χ4n) is 1.46. The second-order valence-electron chi connectivity index (χ2n) is 3.69. The molecule has 0 heterocycles. The molecule has 1 aromatic rings. The van der Waals surface area contributed by atoms with Crippen molar-refractivity contribution in [1.29, 1.82) is 5.26 Å². The Kier molecular flexibility index (Phi) is 4.10. The van der Waals surface area contributed by atoms with E-state index < -0.39 is 10.0 Å². The van der Waals surface area contributed by atoms with Gasteiger partial charge in [-0.2, -0.15) is 5.26 Å². The van der Waals surface area contributed by atoms with Crippen molar-refractivity contribution in [1.82, 2.24) is 4.31 Å². The van der Waals surface area contributed by atoms with Gasteiger partial charge in [-0.25, -0.2) is 12.7 Å². The van der Waals surface area contributed by atoms with Crippen molar-refractivity contribution in [3.05, 3.63) is 23.8 Å². The van der Waals surface area contributed by atoms with Crippen molar-refractivity contribution in [3.63, 3.8) is 0 Å². The van der Waals surface area contributed by atoms with Gasteiger partial charge < -0.3 is 5.73 Å². The van der Waals surface area contributed by atoms with E-state index in [1.807, 2.05) is 13.0 Å². The molecule has 0 atom stereocenters. The van der Waals surface area contributed by atoms with Gasteiger partial charge in [0, 0.05) is 19.3 Å². The summed E-state index contributed by atoms with van der Waals surface area (Å²) in [5.41, 5.74) is 5.97. The van der Waals surface area contributed by atoms with Crippen LogP contribution in [0.3, 0.4) is 0 Å². The summed E-state index contributed by atoms with van der Waals surface area (Å²) < 4.78 is 25.5. The number of nitriles is 1. The molecule has 0 spiro atoms. The van der Waals surface area contributed by atoms with Gasteiger partial charge in [0.2, 0.25) is 10.0 Å². The lowest BCUT2D eigenvalue weighted by Gasteiger charge is -2.17. The lowest BCUT2D eigenvalue weighted by Crippen LogP contribution is -2.28. The summed E-state index contributed by atoms with van der Waals surface area (Å²) >= 11 is 0. The SMILES string of the molecule is CCCN(C)S(=O)(=O)c1ccc(N)cc1C#N. The third kappa shape index (κ3) is 2.75. The first-order valence-electron chi connectivity index (χ1n) is 5.19. The molecule has 0 aliphatic heterocycles. The average Bonchev–Trinajstić information content (AvgIpc) is 2.28. The molecule has 92 valence electrons. The van der Waals surface area contributed by atoms with Crippen molar-refractivity contribution in [2.45, 2.75) is 18.2 Å². The van der Waals surface area contributed by atoms with E-state index in [0.29, 0.717) is 18.7 Å². The van der Waals surface area contributed by atoms with E-state index in [1.54, 1.807) is 0 Å². The smallest absolute Gasteiger partial charge is 0.244 e. The standard InChI is InChI=1S/C11H15N3O2S/c1-3-6-14(2)17(15,16)11-5-4-10(13)7-9(11)8-12/h4-5,7H,3,6,13H2,1-2H3. The Bertz CT molecular complexity index is 546. The monoisotopic (exact) mass is 253 g/mol. The topological polar surface area (TPSA) is 87.2 Å². The molecule has 0 fully saturated rings. The summed E-state index contributed by atoms with van der Waals surface area (Å²) in [5, 5.41) is 8.93. The minimum absolute atomic E-state index is 0.00477. The highest BCUT2D eigenvalue weighted by Crippen LogP contribution is 2.21. The number of benzene rings is 1. The zero-order valence-corrected chi connectivity index (χ0v) is 10.7. The zero-order chi connectivity index (χ0) is 13.1. The van der Waals surface area contributed by atoms with Crippen molar-refractivity contribution in [2.24, 2.45) is 0 Å². The van der Waals surface area contributed by atoms with Crippen molar-refractivity contribution < 1.29 is 8.42 Å². The molecular weight excluding hydrogens is 238 g/mol. The molecule has 0 bridgehead atoms. The van der Waals surface area contributed by atoms with Gasteiger partial charge in [-0.05, 0) is 24.6 Å². The quantitative estimate of drug-likeness (QED) is 0.816. The average molecular weight is 253 g/mol. The Hall–Kier alpha value is -1.58. The van der Waals surface area contributed by atoms with Crippen LogP contribution in [0.1, 0.15) is 18.9 Å². The maximum Gasteiger partial charge on any atom is 0.244 e. The predicted molar refractivity (Wildman–Crippen MR) is 65.7 cm³/mol. The summed E-state index contributed by atoms with van der Waals surface area (Å²) in [4.78, 5) is 0.00477. The van der Waals surface area contributed by atoms with Gasteiger partial charge in [-0.1, -0.05) is 6.92 Å². The second kappa shape index (κ2) is 5.17. The highest BCUT2D eigenvalue weighted by atomic mass is 32.2. The summed E-state index contributed by atoms with van der Waals surface area (Å²) in [5.74, 6) is 0. The summed E-state index contributed by atoms with van der Waals surface area (Å²) in [6, 6.07) is 6.07. The van der Waals surface area contributed by atoms with Gasteiger partial charge in [0.25, 0.3) is 0 Å². The largest absolute Gasteiger partial charge is 0.399 e. The number of rotatable bonds is 4. The molecule has 1 aromatic carbocycles. The molecule has 1 rings (SSSR count).